The van der Waals surface area contributed by atoms with Crippen LogP contribution >= 0.6 is 0 Å². The molecule has 13 heavy (non-hydrogen) atoms. The maximum atomic E-state index is 11.6. The van der Waals surface area contributed by atoms with Gasteiger partial charge in [-0.05, 0) is 26.3 Å². The molecule has 0 aromatic heterocycles. The zero-order chi connectivity index (χ0) is 10.0. The summed E-state index contributed by atoms with van der Waals surface area (Å²) in [6.45, 7) is 7.31. The van der Waals surface area contributed by atoms with Crippen molar-refractivity contribution in [3.05, 3.63) is 0 Å². The number of hydrogen-bond acceptors (Lipinski definition) is 2. The lowest BCUT2D eigenvalue weighted by atomic mass is 9.99. The molecule has 2 unspecified atom stereocenters. The molecule has 0 saturated carbocycles. The standard InChI is InChI=1S/C10H20N2O/c1-7(2)5-9-10(13)11-8(3)6-12(9)4/h7-9H,5-6H2,1-4H3,(H,11,13). The van der Waals surface area contributed by atoms with Crippen LogP contribution in [0.15, 0.2) is 0 Å². The second kappa shape index (κ2) is 4.09. The number of nitrogens with zero attached hydrogens (tertiary/aromatic N) is 1. The topological polar surface area (TPSA) is 32.3 Å². The first-order valence-corrected chi connectivity index (χ1v) is 5.01. The predicted molar refractivity (Wildman–Crippen MR) is 53.5 cm³/mol. The minimum atomic E-state index is 0.0798. The van der Waals surface area contributed by atoms with Gasteiger partial charge in [0.2, 0.25) is 5.91 Å². The van der Waals surface area contributed by atoms with E-state index in [1.54, 1.807) is 0 Å². The maximum Gasteiger partial charge on any atom is 0.237 e. The Morgan fingerprint density at radius 3 is 2.69 bits per heavy atom. The van der Waals surface area contributed by atoms with E-state index in [2.05, 4.69) is 24.1 Å². The number of amides is 1. The number of carbonyl (C=O) groups is 1. The van der Waals surface area contributed by atoms with Gasteiger partial charge >= 0.3 is 0 Å². The molecule has 0 aromatic rings. The van der Waals surface area contributed by atoms with E-state index in [-0.39, 0.29) is 11.9 Å². The van der Waals surface area contributed by atoms with E-state index in [1.165, 1.54) is 0 Å². The van der Waals surface area contributed by atoms with Crippen LogP contribution in [0.1, 0.15) is 27.2 Å². The van der Waals surface area contributed by atoms with Gasteiger partial charge in [-0.3, -0.25) is 9.69 Å². The lowest BCUT2D eigenvalue weighted by molar-refractivity contribution is -0.130. The van der Waals surface area contributed by atoms with Crippen molar-refractivity contribution in [2.45, 2.75) is 39.3 Å². The molecule has 1 amide bonds. The third kappa shape index (κ3) is 2.69. The summed E-state index contributed by atoms with van der Waals surface area (Å²) in [6.07, 6.45) is 0.953. The third-order valence-corrected chi connectivity index (χ3v) is 2.48. The van der Waals surface area contributed by atoms with E-state index in [1.807, 2.05) is 14.0 Å². The van der Waals surface area contributed by atoms with E-state index in [0.717, 1.165) is 13.0 Å². The van der Waals surface area contributed by atoms with Gasteiger partial charge < -0.3 is 5.32 Å². The summed E-state index contributed by atoms with van der Waals surface area (Å²) < 4.78 is 0. The Labute approximate surface area is 80.5 Å². The van der Waals surface area contributed by atoms with Gasteiger partial charge in [0.05, 0.1) is 6.04 Å². The van der Waals surface area contributed by atoms with Gasteiger partial charge in [0.15, 0.2) is 0 Å². The van der Waals surface area contributed by atoms with Crippen molar-refractivity contribution in [3.63, 3.8) is 0 Å². The molecule has 2 atom stereocenters. The minimum Gasteiger partial charge on any atom is -0.351 e. The molecule has 0 bridgehead atoms. The van der Waals surface area contributed by atoms with Crippen molar-refractivity contribution in [1.29, 1.82) is 0 Å². The highest BCUT2D eigenvalue weighted by molar-refractivity contribution is 5.82. The molecule has 1 aliphatic heterocycles. The third-order valence-electron chi connectivity index (χ3n) is 2.48. The van der Waals surface area contributed by atoms with Crippen LogP contribution in [0.5, 0.6) is 0 Å². The highest BCUT2D eigenvalue weighted by Gasteiger charge is 2.30. The maximum absolute atomic E-state index is 11.6. The lowest BCUT2D eigenvalue weighted by Crippen LogP contribution is -2.57. The zero-order valence-corrected chi connectivity index (χ0v) is 9.00. The summed E-state index contributed by atoms with van der Waals surface area (Å²) in [5, 5.41) is 2.98. The largest absolute Gasteiger partial charge is 0.351 e. The van der Waals surface area contributed by atoms with Crippen LogP contribution in [0.3, 0.4) is 0 Å². The van der Waals surface area contributed by atoms with Gasteiger partial charge in [0, 0.05) is 12.6 Å². The van der Waals surface area contributed by atoms with Crippen molar-refractivity contribution in [2.75, 3.05) is 13.6 Å². The fourth-order valence-corrected chi connectivity index (χ4v) is 1.88. The molecule has 1 heterocycles. The molecule has 1 saturated heterocycles. The monoisotopic (exact) mass is 184 g/mol. The SMILES string of the molecule is CC(C)CC1C(=O)NC(C)CN1C. The van der Waals surface area contributed by atoms with E-state index < -0.39 is 0 Å². The molecule has 1 fully saturated rings. The molecule has 0 aromatic carbocycles. The summed E-state index contributed by atoms with van der Waals surface area (Å²) in [5.41, 5.74) is 0. The van der Waals surface area contributed by atoms with Crippen molar-refractivity contribution in [3.8, 4) is 0 Å². The average Bonchev–Trinajstić information content (AvgIpc) is 1.96. The van der Waals surface area contributed by atoms with E-state index in [0.29, 0.717) is 12.0 Å². The van der Waals surface area contributed by atoms with Crippen LogP contribution < -0.4 is 5.32 Å². The highest BCUT2D eigenvalue weighted by atomic mass is 16.2. The Morgan fingerprint density at radius 2 is 2.23 bits per heavy atom. The molecule has 1 rings (SSSR count). The second-order valence-electron chi connectivity index (χ2n) is 4.49. The highest BCUT2D eigenvalue weighted by Crippen LogP contribution is 2.14. The minimum absolute atomic E-state index is 0.0798. The lowest BCUT2D eigenvalue weighted by Gasteiger charge is -2.36. The average molecular weight is 184 g/mol. The fraction of sp³-hybridized carbons (Fsp3) is 0.900. The predicted octanol–water partition coefficient (Wildman–Crippen LogP) is 0.851. The van der Waals surface area contributed by atoms with Crippen LogP contribution in [-0.2, 0) is 4.79 Å². The normalized spacial score (nSPS) is 30.7. The van der Waals surface area contributed by atoms with Crippen LogP contribution in [-0.4, -0.2) is 36.5 Å². The molecular formula is C10H20N2O. The van der Waals surface area contributed by atoms with E-state index in [9.17, 15) is 4.79 Å². The van der Waals surface area contributed by atoms with Gasteiger partial charge in [-0.15, -0.1) is 0 Å². The Hall–Kier alpha value is -0.570. The molecular weight excluding hydrogens is 164 g/mol. The van der Waals surface area contributed by atoms with Crippen LogP contribution in [0.25, 0.3) is 0 Å². The van der Waals surface area contributed by atoms with Crippen molar-refractivity contribution >= 4 is 5.91 Å². The van der Waals surface area contributed by atoms with Crippen LogP contribution in [0.2, 0.25) is 0 Å². The molecule has 1 aliphatic rings. The van der Waals surface area contributed by atoms with Gasteiger partial charge in [0.25, 0.3) is 0 Å². The first-order valence-electron chi connectivity index (χ1n) is 5.01. The quantitative estimate of drug-likeness (QED) is 0.690. The Kier molecular flexibility index (Phi) is 3.31. The summed E-state index contributed by atoms with van der Waals surface area (Å²) >= 11 is 0. The first-order chi connectivity index (χ1) is 6.00. The van der Waals surface area contributed by atoms with Crippen LogP contribution in [0, 0.1) is 5.92 Å². The van der Waals surface area contributed by atoms with E-state index in [4.69, 9.17) is 0 Å². The number of likely N-dealkylation sites (N-methyl/N-ethyl adjacent to an activating group) is 1. The second-order valence-corrected chi connectivity index (χ2v) is 4.49. The molecule has 1 N–H and O–H groups in total. The summed E-state index contributed by atoms with van der Waals surface area (Å²) in [6, 6.07) is 0.372. The van der Waals surface area contributed by atoms with Gasteiger partial charge in [-0.1, -0.05) is 13.8 Å². The number of piperazine rings is 1. The van der Waals surface area contributed by atoms with E-state index >= 15 is 0 Å². The molecule has 0 aliphatic carbocycles. The molecule has 3 heteroatoms. The zero-order valence-electron chi connectivity index (χ0n) is 9.00. The molecule has 0 spiro atoms. The summed E-state index contributed by atoms with van der Waals surface area (Å²) in [4.78, 5) is 13.8. The van der Waals surface area contributed by atoms with Crippen molar-refractivity contribution < 1.29 is 4.79 Å². The fourth-order valence-electron chi connectivity index (χ4n) is 1.88. The first kappa shape index (κ1) is 10.5. The number of hydrogen-bond donors (Lipinski definition) is 1. The molecule has 0 radical (unpaired) electrons. The Balaban J connectivity index is 2.56. The Morgan fingerprint density at radius 1 is 1.62 bits per heavy atom. The van der Waals surface area contributed by atoms with Crippen LogP contribution in [0.4, 0.5) is 0 Å². The molecule has 3 nitrogen and oxygen atoms in total. The Bertz CT molecular complexity index is 191. The summed E-state index contributed by atoms with van der Waals surface area (Å²) in [5.74, 6) is 0.765. The number of nitrogens with one attached hydrogen (secondary N) is 1. The number of rotatable bonds is 2. The van der Waals surface area contributed by atoms with Crippen molar-refractivity contribution in [1.82, 2.24) is 10.2 Å². The van der Waals surface area contributed by atoms with Gasteiger partial charge in [-0.2, -0.15) is 0 Å². The molecule has 76 valence electrons. The summed E-state index contributed by atoms with van der Waals surface area (Å²) in [7, 11) is 2.03. The van der Waals surface area contributed by atoms with Crippen molar-refractivity contribution in [2.24, 2.45) is 5.92 Å². The smallest absolute Gasteiger partial charge is 0.237 e. The van der Waals surface area contributed by atoms with Gasteiger partial charge in [0.1, 0.15) is 0 Å². The number of carbonyl (C=O) groups excluding carboxylic acids is 1. The van der Waals surface area contributed by atoms with Gasteiger partial charge in [-0.25, -0.2) is 0 Å².